The molecule has 9 heteroatoms. The van der Waals surface area contributed by atoms with Gasteiger partial charge in [-0.3, -0.25) is 4.79 Å². The fourth-order valence-electron chi connectivity index (χ4n) is 1.17. The molecular formula is C10H7BrClF4NO2. The Hall–Kier alpha value is -1.02. The van der Waals surface area contributed by atoms with Gasteiger partial charge in [-0.15, -0.1) is 0 Å². The molecule has 0 atom stereocenters. The number of methoxy groups -OCH3 is 1. The van der Waals surface area contributed by atoms with Gasteiger partial charge in [0, 0.05) is 5.02 Å². The lowest BCUT2D eigenvalue weighted by atomic mass is 10.2. The monoisotopic (exact) mass is 363 g/mol. The summed E-state index contributed by atoms with van der Waals surface area (Å²) in [6, 6.07) is 2.49. The van der Waals surface area contributed by atoms with Gasteiger partial charge in [0.25, 0.3) is 0 Å². The molecule has 106 valence electrons. The lowest BCUT2D eigenvalue weighted by Crippen LogP contribution is -2.41. The summed E-state index contributed by atoms with van der Waals surface area (Å²) in [6.45, 7) is 0. The molecule has 0 unspecified atom stereocenters. The molecule has 19 heavy (non-hydrogen) atoms. The minimum absolute atomic E-state index is 0.0113. The summed E-state index contributed by atoms with van der Waals surface area (Å²) in [5.41, 5.74) is -0.243. The zero-order chi connectivity index (χ0) is 14.8. The van der Waals surface area contributed by atoms with Gasteiger partial charge in [-0.1, -0.05) is 11.6 Å². The van der Waals surface area contributed by atoms with Crippen molar-refractivity contribution in [2.45, 2.75) is 12.3 Å². The van der Waals surface area contributed by atoms with E-state index in [0.717, 1.165) is 6.07 Å². The molecule has 0 saturated carbocycles. The molecule has 0 aliphatic carbocycles. The second-order valence-electron chi connectivity index (χ2n) is 3.35. The largest absolute Gasteiger partial charge is 0.493 e. The molecule has 0 aliphatic rings. The Morgan fingerprint density at radius 3 is 2.53 bits per heavy atom. The van der Waals surface area contributed by atoms with E-state index < -0.39 is 18.3 Å². The minimum Gasteiger partial charge on any atom is -0.493 e. The number of hydrogen-bond acceptors (Lipinski definition) is 2. The number of carbonyl (C=O) groups is 1. The standard InChI is InChI=1S/C10H7BrClF4NO2/c1-19-7-5(11)2-4(12)3-6(7)17-9(18)10(15,16)8(13)14/h2-3,8H,1H3,(H,17,18). The maximum atomic E-state index is 12.8. The summed E-state index contributed by atoms with van der Waals surface area (Å²) in [5, 5.41) is 1.76. The van der Waals surface area contributed by atoms with Crippen LogP contribution in [-0.4, -0.2) is 25.4 Å². The van der Waals surface area contributed by atoms with Crippen molar-refractivity contribution in [3.8, 4) is 5.75 Å². The molecule has 0 saturated heterocycles. The SMILES string of the molecule is COc1c(Br)cc(Cl)cc1NC(=O)C(F)(F)C(F)F. The Morgan fingerprint density at radius 1 is 1.47 bits per heavy atom. The third-order valence-corrected chi connectivity index (χ3v) is 2.84. The predicted octanol–water partition coefficient (Wildman–Crippen LogP) is 3.95. The van der Waals surface area contributed by atoms with Gasteiger partial charge < -0.3 is 10.1 Å². The molecule has 0 fully saturated rings. The lowest BCUT2D eigenvalue weighted by molar-refractivity contribution is -0.163. The van der Waals surface area contributed by atoms with Crippen LogP contribution in [-0.2, 0) is 4.79 Å². The molecule has 1 rings (SSSR count). The van der Waals surface area contributed by atoms with Crippen molar-refractivity contribution in [2.24, 2.45) is 0 Å². The number of carbonyl (C=O) groups excluding carboxylic acids is 1. The first kappa shape index (κ1) is 16.0. The number of amides is 1. The molecule has 1 amide bonds. The number of hydrogen-bond donors (Lipinski definition) is 1. The molecule has 0 spiro atoms. The van der Waals surface area contributed by atoms with Crippen molar-refractivity contribution in [1.82, 2.24) is 0 Å². The average molecular weight is 365 g/mol. The Morgan fingerprint density at radius 2 is 2.05 bits per heavy atom. The van der Waals surface area contributed by atoms with Crippen LogP contribution in [0, 0.1) is 0 Å². The first-order chi connectivity index (χ1) is 8.70. The third kappa shape index (κ3) is 3.50. The van der Waals surface area contributed by atoms with Crippen LogP contribution in [0.4, 0.5) is 23.2 Å². The molecule has 1 aromatic carbocycles. The number of rotatable bonds is 4. The first-order valence-corrected chi connectivity index (χ1v) is 5.87. The zero-order valence-electron chi connectivity index (χ0n) is 9.32. The predicted molar refractivity (Wildman–Crippen MR) is 65.3 cm³/mol. The van der Waals surface area contributed by atoms with Crippen LogP contribution in [0.25, 0.3) is 0 Å². The lowest BCUT2D eigenvalue weighted by Gasteiger charge is -2.17. The maximum Gasteiger partial charge on any atom is 0.383 e. The fraction of sp³-hybridized carbons (Fsp3) is 0.300. The zero-order valence-corrected chi connectivity index (χ0v) is 11.7. The van der Waals surface area contributed by atoms with Crippen molar-refractivity contribution in [2.75, 3.05) is 12.4 Å². The summed E-state index contributed by atoms with van der Waals surface area (Å²) < 4.78 is 54.8. The van der Waals surface area contributed by atoms with Crippen LogP contribution in [0.5, 0.6) is 5.75 Å². The molecule has 0 aromatic heterocycles. The number of anilines is 1. The second-order valence-corrected chi connectivity index (χ2v) is 4.64. The summed E-state index contributed by atoms with van der Waals surface area (Å²) in [7, 11) is 1.22. The fourth-order valence-corrected chi connectivity index (χ4v) is 2.14. The number of ether oxygens (including phenoxy) is 1. The van der Waals surface area contributed by atoms with E-state index in [9.17, 15) is 22.4 Å². The third-order valence-electron chi connectivity index (χ3n) is 2.04. The maximum absolute atomic E-state index is 12.8. The Bertz CT molecular complexity index is 499. The van der Waals surface area contributed by atoms with Crippen molar-refractivity contribution < 1.29 is 27.1 Å². The number of nitrogens with one attached hydrogen (secondary N) is 1. The highest BCUT2D eigenvalue weighted by atomic mass is 79.9. The van der Waals surface area contributed by atoms with E-state index in [4.69, 9.17) is 16.3 Å². The van der Waals surface area contributed by atoms with Crippen molar-refractivity contribution in [3.63, 3.8) is 0 Å². The summed E-state index contributed by atoms with van der Waals surface area (Å²) >= 11 is 8.70. The van der Waals surface area contributed by atoms with E-state index in [1.807, 2.05) is 0 Å². The minimum atomic E-state index is -4.81. The van der Waals surface area contributed by atoms with Gasteiger partial charge in [-0.2, -0.15) is 8.78 Å². The summed E-state index contributed by atoms with van der Waals surface area (Å²) in [6.07, 6.45) is -4.11. The number of halogens is 6. The van der Waals surface area contributed by atoms with E-state index >= 15 is 0 Å². The van der Waals surface area contributed by atoms with Gasteiger partial charge in [0.2, 0.25) is 0 Å². The highest BCUT2D eigenvalue weighted by Crippen LogP contribution is 2.37. The van der Waals surface area contributed by atoms with E-state index in [0.29, 0.717) is 0 Å². The topological polar surface area (TPSA) is 38.3 Å². The van der Waals surface area contributed by atoms with Crippen LogP contribution < -0.4 is 10.1 Å². The smallest absolute Gasteiger partial charge is 0.383 e. The summed E-state index contributed by atoms with van der Waals surface area (Å²) in [5.74, 6) is -6.96. The van der Waals surface area contributed by atoms with Gasteiger partial charge >= 0.3 is 18.3 Å². The summed E-state index contributed by atoms with van der Waals surface area (Å²) in [4.78, 5) is 11.1. The van der Waals surface area contributed by atoms with Crippen LogP contribution in [0.1, 0.15) is 0 Å². The van der Waals surface area contributed by atoms with Crippen LogP contribution in [0.15, 0.2) is 16.6 Å². The molecule has 0 heterocycles. The Labute approximate surface area is 119 Å². The molecule has 3 nitrogen and oxygen atoms in total. The van der Waals surface area contributed by atoms with Gasteiger partial charge in [-0.25, -0.2) is 8.78 Å². The molecule has 1 aromatic rings. The van der Waals surface area contributed by atoms with Gasteiger partial charge in [0.1, 0.15) is 0 Å². The molecule has 0 radical (unpaired) electrons. The highest BCUT2D eigenvalue weighted by Gasteiger charge is 2.49. The van der Waals surface area contributed by atoms with Crippen molar-refractivity contribution in [1.29, 1.82) is 0 Å². The Balaban J connectivity index is 3.10. The molecule has 0 aliphatic heterocycles. The quantitative estimate of drug-likeness (QED) is 0.822. The van der Waals surface area contributed by atoms with E-state index in [2.05, 4.69) is 15.9 Å². The number of benzene rings is 1. The normalized spacial score (nSPS) is 11.6. The van der Waals surface area contributed by atoms with Crippen molar-refractivity contribution in [3.05, 3.63) is 21.6 Å². The van der Waals surface area contributed by atoms with E-state index in [1.54, 1.807) is 5.32 Å². The van der Waals surface area contributed by atoms with Crippen LogP contribution in [0.3, 0.4) is 0 Å². The second kappa shape index (κ2) is 5.96. The van der Waals surface area contributed by atoms with Crippen LogP contribution >= 0.6 is 27.5 Å². The van der Waals surface area contributed by atoms with E-state index in [-0.39, 0.29) is 20.9 Å². The van der Waals surface area contributed by atoms with E-state index in [1.165, 1.54) is 13.2 Å². The molecule has 0 bridgehead atoms. The number of alkyl halides is 4. The molecule has 1 N–H and O–H groups in total. The highest BCUT2D eigenvalue weighted by molar-refractivity contribution is 9.10. The van der Waals surface area contributed by atoms with Crippen LogP contribution in [0.2, 0.25) is 5.02 Å². The Kier molecular flexibility index (Phi) is 5.03. The van der Waals surface area contributed by atoms with Gasteiger partial charge in [0.05, 0.1) is 17.3 Å². The van der Waals surface area contributed by atoms with Crippen molar-refractivity contribution >= 4 is 39.1 Å². The van der Waals surface area contributed by atoms with Gasteiger partial charge in [-0.05, 0) is 28.1 Å². The average Bonchev–Trinajstić information content (AvgIpc) is 2.27. The first-order valence-electron chi connectivity index (χ1n) is 4.70. The molecular weight excluding hydrogens is 357 g/mol. The van der Waals surface area contributed by atoms with Gasteiger partial charge in [0.15, 0.2) is 5.75 Å².